The zero-order valence-corrected chi connectivity index (χ0v) is 17.7. The summed E-state index contributed by atoms with van der Waals surface area (Å²) in [7, 11) is -2.34. The molecule has 1 fully saturated rings. The van der Waals surface area contributed by atoms with Crippen molar-refractivity contribution in [2.45, 2.75) is 24.5 Å². The lowest BCUT2D eigenvalue weighted by Crippen LogP contribution is -2.35. The average molecular weight is 471 g/mol. The van der Waals surface area contributed by atoms with Crippen LogP contribution in [-0.2, 0) is 34.9 Å². The number of hydrogen-bond donors (Lipinski definition) is 5. The Kier molecular flexibility index (Phi) is 6.28. The van der Waals surface area contributed by atoms with Gasteiger partial charge in [0.15, 0.2) is 17.4 Å². The van der Waals surface area contributed by atoms with E-state index in [0.717, 1.165) is 7.11 Å². The summed E-state index contributed by atoms with van der Waals surface area (Å²) < 4.78 is 33.5. The predicted molar refractivity (Wildman–Crippen MR) is 103 cm³/mol. The summed E-state index contributed by atoms with van der Waals surface area (Å²) in [5.74, 6) is -0.143. The van der Waals surface area contributed by atoms with Crippen molar-refractivity contribution in [1.29, 1.82) is 0 Å². The van der Waals surface area contributed by atoms with Gasteiger partial charge in [0.2, 0.25) is 5.95 Å². The molecule has 6 N–H and O–H groups in total. The number of imidazole rings is 1. The summed E-state index contributed by atoms with van der Waals surface area (Å²) in [6.07, 6.45) is -7.31. The molecule has 6 atom stereocenters. The van der Waals surface area contributed by atoms with E-state index >= 15 is 0 Å². The van der Waals surface area contributed by atoms with Crippen molar-refractivity contribution in [3.05, 3.63) is 16.7 Å². The first kappa shape index (κ1) is 22.4. The van der Waals surface area contributed by atoms with Gasteiger partial charge in [0.25, 0.3) is 5.56 Å². The number of nitrogens with zero attached hydrogens (tertiary/aromatic N) is 3. The van der Waals surface area contributed by atoms with Crippen LogP contribution < -0.4 is 11.3 Å². The second-order valence-electron chi connectivity index (χ2n) is 5.99. The van der Waals surface area contributed by atoms with Gasteiger partial charge in [-0.25, -0.2) is 9.55 Å². The number of anilines is 1. The van der Waals surface area contributed by atoms with Crippen molar-refractivity contribution in [3.63, 3.8) is 0 Å². The summed E-state index contributed by atoms with van der Waals surface area (Å²) in [5.41, 5.74) is 5.11. The lowest BCUT2D eigenvalue weighted by Gasteiger charge is -2.22. The van der Waals surface area contributed by atoms with Crippen molar-refractivity contribution in [1.82, 2.24) is 19.5 Å². The Morgan fingerprint density at radius 2 is 2.14 bits per heavy atom. The molecule has 0 aliphatic carbocycles. The second-order valence-corrected chi connectivity index (χ2v) is 14.0. The molecular formula is C12H19N5O9P2S. The highest BCUT2D eigenvalue weighted by Crippen LogP contribution is 2.77. The fraction of sp³-hybridized carbons (Fsp3) is 0.583. The molecule has 29 heavy (non-hydrogen) atoms. The molecule has 1 aliphatic heterocycles. The Morgan fingerprint density at radius 1 is 1.45 bits per heavy atom. The number of hydrogen-bond acceptors (Lipinski definition) is 11. The summed E-state index contributed by atoms with van der Waals surface area (Å²) in [6.45, 7) is -0.526. The van der Waals surface area contributed by atoms with Gasteiger partial charge in [0.05, 0.1) is 12.9 Å². The number of nitrogens with one attached hydrogen (secondary N) is 1. The summed E-state index contributed by atoms with van der Waals surface area (Å²) >= 11 is 4.67. The zero-order chi connectivity index (χ0) is 21.6. The minimum atomic E-state index is -4.57. The van der Waals surface area contributed by atoms with Gasteiger partial charge in [0.1, 0.15) is 18.3 Å². The van der Waals surface area contributed by atoms with Crippen LogP contribution >= 0.6 is 13.5 Å². The standard InChI is InChI=1S/C12H19N5O9P2S/c1-23-8-7(18)5(3-25-28(22,29)27(20,21)24-2)26-11(8)17-4-14-6-9(17)15-12(13)16-10(6)19/h4-5,7-8,11,18H,3H2,1-2H3,(H,20,21)(H,22,29)(H3,13,15,16,19)/t5-,7-,8-,11-,28?/m1/s1. The van der Waals surface area contributed by atoms with Crippen LogP contribution in [0.15, 0.2) is 11.1 Å². The van der Waals surface area contributed by atoms with Crippen LogP contribution in [0.25, 0.3) is 11.2 Å². The van der Waals surface area contributed by atoms with Gasteiger partial charge < -0.3 is 39.1 Å². The van der Waals surface area contributed by atoms with E-state index in [-0.39, 0.29) is 17.1 Å². The van der Waals surface area contributed by atoms with Crippen molar-refractivity contribution in [2.24, 2.45) is 0 Å². The third-order valence-corrected chi connectivity index (χ3v) is 10.8. The van der Waals surface area contributed by atoms with Crippen molar-refractivity contribution in [3.8, 4) is 0 Å². The van der Waals surface area contributed by atoms with Gasteiger partial charge in [-0.3, -0.25) is 14.3 Å². The van der Waals surface area contributed by atoms with Gasteiger partial charge in [-0.1, -0.05) is 0 Å². The lowest BCUT2D eigenvalue weighted by atomic mass is 10.1. The Morgan fingerprint density at radius 3 is 2.76 bits per heavy atom. The van der Waals surface area contributed by atoms with E-state index in [1.807, 2.05) is 0 Å². The number of nitrogen functional groups attached to an aromatic ring is 1. The fourth-order valence-electron chi connectivity index (χ4n) is 2.81. The quantitative estimate of drug-likeness (QED) is 0.309. The maximum absolute atomic E-state index is 12.0. The number of aliphatic hydroxyl groups is 1. The van der Waals surface area contributed by atoms with E-state index in [4.69, 9.17) is 19.7 Å². The molecular weight excluding hydrogens is 452 g/mol. The van der Waals surface area contributed by atoms with Gasteiger partial charge in [-0.2, -0.15) is 4.98 Å². The second kappa shape index (κ2) is 8.12. The van der Waals surface area contributed by atoms with Crippen molar-refractivity contribution >= 4 is 42.4 Å². The Balaban J connectivity index is 1.87. The fourth-order valence-corrected chi connectivity index (χ4v) is 5.54. The van der Waals surface area contributed by atoms with Crippen LogP contribution in [0.4, 0.5) is 5.95 Å². The number of nitrogens with two attached hydrogens (primary N) is 1. The van der Waals surface area contributed by atoms with Gasteiger partial charge in [0, 0.05) is 14.2 Å². The third kappa shape index (κ3) is 4.03. The maximum Gasteiger partial charge on any atom is 0.408 e. The SMILES string of the molecule is CO[C@@H]1[C@H](O)[C@@H](COP(O)(=S)P(=O)(O)OC)O[C@H]1n1cnc2c(=O)[nH]c(N)nc21. The molecule has 0 aromatic carbocycles. The number of aromatic amines is 1. The number of aliphatic hydroxyl groups excluding tert-OH is 1. The van der Waals surface area contributed by atoms with Crippen LogP contribution in [0.2, 0.25) is 0 Å². The molecule has 3 rings (SSSR count). The van der Waals surface area contributed by atoms with Crippen LogP contribution in [0.1, 0.15) is 6.23 Å². The molecule has 1 aliphatic rings. The molecule has 1 saturated heterocycles. The topological polar surface area (TPSA) is 204 Å². The number of methoxy groups -OCH3 is 1. The highest BCUT2D eigenvalue weighted by atomic mass is 32.6. The van der Waals surface area contributed by atoms with Crippen molar-refractivity contribution in [2.75, 3.05) is 26.6 Å². The van der Waals surface area contributed by atoms with E-state index in [1.165, 1.54) is 18.0 Å². The number of aromatic nitrogens is 4. The molecule has 0 saturated carbocycles. The lowest BCUT2D eigenvalue weighted by molar-refractivity contribution is -0.0558. The molecule has 2 aromatic heterocycles. The molecule has 14 nitrogen and oxygen atoms in total. The van der Waals surface area contributed by atoms with Crippen LogP contribution in [-0.4, -0.2) is 73.6 Å². The molecule has 2 unspecified atom stereocenters. The number of ether oxygens (including phenoxy) is 2. The molecule has 17 heteroatoms. The van der Waals surface area contributed by atoms with Crippen molar-refractivity contribution < 1.29 is 38.0 Å². The molecule has 3 heterocycles. The van der Waals surface area contributed by atoms with Gasteiger partial charge in [-0.15, -0.1) is 0 Å². The summed E-state index contributed by atoms with van der Waals surface area (Å²) in [4.78, 5) is 41.8. The van der Waals surface area contributed by atoms with E-state index in [2.05, 4.69) is 31.3 Å². The Hall–Kier alpha value is -1.25. The Bertz CT molecular complexity index is 1060. The zero-order valence-electron chi connectivity index (χ0n) is 15.1. The van der Waals surface area contributed by atoms with Crippen LogP contribution in [0, 0.1) is 0 Å². The molecule has 0 radical (unpaired) electrons. The van der Waals surface area contributed by atoms with E-state index < -0.39 is 50.2 Å². The monoisotopic (exact) mass is 471 g/mol. The first-order chi connectivity index (χ1) is 13.5. The maximum atomic E-state index is 12.0. The Labute approximate surface area is 168 Å². The first-order valence-electron chi connectivity index (χ1n) is 7.97. The average Bonchev–Trinajstić information content (AvgIpc) is 3.20. The minimum Gasteiger partial charge on any atom is -0.387 e. The normalized spacial score (nSPS) is 29.0. The van der Waals surface area contributed by atoms with Crippen LogP contribution in [0.3, 0.4) is 0 Å². The molecule has 162 valence electrons. The molecule has 2 aromatic rings. The highest BCUT2D eigenvalue weighted by Gasteiger charge is 2.48. The third-order valence-electron chi connectivity index (χ3n) is 4.27. The highest BCUT2D eigenvalue weighted by molar-refractivity contribution is 8.47. The van der Waals surface area contributed by atoms with E-state index in [9.17, 15) is 24.3 Å². The molecule has 0 amide bonds. The largest absolute Gasteiger partial charge is 0.408 e. The van der Waals surface area contributed by atoms with Gasteiger partial charge >= 0.3 is 13.5 Å². The molecule has 0 bridgehead atoms. The molecule has 0 spiro atoms. The minimum absolute atomic E-state index is 0.000911. The van der Waals surface area contributed by atoms with E-state index in [0.29, 0.717) is 0 Å². The van der Waals surface area contributed by atoms with E-state index in [1.54, 1.807) is 0 Å². The summed E-state index contributed by atoms with van der Waals surface area (Å²) in [6, 6.07) is 0. The number of fused-ring (bicyclic) bond motifs is 1. The number of rotatable bonds is 7. The summed E-state index contributed by atoms with van der Waals surface area (Å²) in [5, 5.41) is 10.5. The smallest absolute Gasteiger partial charge is 0.387 e. The number of H-pyrrole nitrogens is 1. The predicted octanol–water partition coefficient (Wildman–Crippen LogP) is -0.960. The van der Waals surface area contributed by atoms with Gasteiger partial charge in [-0.05, 0) is 11.8 Å². The first-order valence-corrected chi connectivity index (χ1v) is 12.9. The van der Waals surface area contributed by atoms with Crippen LogP contribution in [0.5, 0.6) is 0 Å².